The Morgan fingerprint density at radius 3 is 2.85 bits per heavy atom. The minimum absolute atomic E-state index is 0.153. The van der Waals surface area contributed by atoms with Crippen LogP contribution in [0, 0.1) is 5.82 Å². The molecule has 0 spiro atoms. The lowest BCUT2D eigenvalue weighted by molar-refractivity contribution is 0.0842. The van der Waals surface area contributed by atoms with Gasteiger partial charge in [0.05, 0.1) is 0 Å². The summed E-state index contributed by atoms with van der Waals surface area (Å²) in [5.74, 6) is 0.765. The van der Waals surface area contributed by atoms with Crippen LogP contribution in [0.4, 0.5) is 4.39 Å². The van der Waals surface area contributed by atoms with Crippen LogP contribution in [0.3, 0.4) is 0 Å². The molecular formula is C23H25FN2O. The van der Waals surface area contributed by atoms with E-state index in [0.717, 1.165) is 25.1 Å². The molecule has 1 N–H and O–H groups in total. The molecule has 1 fully saturated rings. The summed E-state index contributed by atoms with van der Waals surface area (Å²) in [6.07, 6.45) is 5.89. The van der Waals surface area contributed by atoms with E-state index < -0.39 is 0 Å². The zero-order valence-corrected chi connectivity index (χ0v) is 15.8. The third kappa shape index (κ3) is 3.96. The summed E-state index contributed by atoms with van der Waals surface area (Å²) in [5.41, 5.74) is 2.01. The van der Waals surface area contributed by atoms with Gasteiger partial charge < -0.3 is 10.1 Å². The first-order chi connectivity index (χ1) is 13.1. The van der Waals surface area contributed by atoms with Crippen LogP contribution in [0.1, 0.15) is 43.7 Å². The Morgan fingerprint density at radius 1 is 1.19 bits per heavy atom. The molecule has 4 heteroatoms. The van der Waals surface area contributed by atoms with Crippen molar-refractivity contribution < 1.29 is 9.13 Å². The van der Waals surface area contributed by atoms with Crippen molar-refractivity contribution in [3.8, 4) is 5.75 Å². The van der Waals surface area contributed by atoms with Crippen LogP contribution in [0.15, 0.2) is 54.9 Å². The van der Waals surface area contributed by atoms with Crippen LogP contribution in [0.5, 0.6) is 5.75 Å². The number of aromatic nitrogens is 1. The van der Waals surface area contributed by atoms with Gasteiger partial charge in [-0.25, -0.2) is 4.39 Å². The molecule has 0 saturated heterocycles. The lowest BCUT2D eigenvalue weighted by atomic mass is 9.89. The zero-order valence-electron chi connectivity index (χ0n) is 15.8. The quantitative estimate of drug-likeness (QED) is 0.653. The molecule has 1 aromatic heterocycles. The maximum Gasteiger partial charge on any atom is 0.126 e. The molecule has 0 unspecified atom stereocenters. The van der Waals surface area contributed by atoms with E-state index in [4.69, 9.17) is 4.74 Å². The number of nitrogens with one attached hydrogen (secondary N) is 1. The summed E-state index contributed by atoms with van der Waals surface area (Å²) in [5, 5.41) is 6.04. The molecule has 4 rings (SSSR count). The highest BCUT2D eigenvalue weighted by Crippen LogP contribution is 2.29. The Balaban J connectivity index is 1.31. The predicted molar refractivity (Wildman–Crippen MR) is 107 cm³/mol. The summed E-state index contributed by atoms with van der Waals surface area (Å²) >= 11 is 0. The van der Waals surface area contributed by atoms with Crippen LogP contribution >= 0.6 is 0 Å². The lowest BCUT2D eigenvalue weighted by Crippen LogP contribution is -2.46. The molecule has 1 saturated carbocycles. The molecule has 140 valence electrons. The second-order valence-electron chi connectivity index (χ2n) is 7.64. The maximum absolute atomic E-state index is 13.8. The minimum Gasteiger partial charge on any atom is -0.490 e. The van der Waals surface area contributed by atoms with Gasteiger partial charge in [-0.3, -0.25) is 4.98 Å². The van der Waals surface area contributed by atoms with Gasteiger partial charge in [0, 0.05) is 30.4 Å². The van der Waals surface area contributed by atoms with Crippen molar-refractivity contribution in [2.75, 3.05) is 0 Å². The molecule has 0 radical (unpaired) electrons. The fraction of sp³-hybridized carbons (Fsp3) is 0.348. The standard InChI is InChI=1S/C23H25FN2O/c1-15(2)22-12-19(6-7-23(22)24)27-20-10-18(11-20)26-14-17-5-3-4-16-13-25-9-8-21(16)17/h3-9,12-13,15,18,20,26H,10-11,14H2,1-2H3. The maximum atomic E-state index is 13.8. The fourth-order valence-corrected chi connectivity index (χ4v) is 3.66. The van der Waals surface area contributed by atoms with Gasteiger partial charge in [0.25, 0.3) is 0 Å². The van der Waals surface area contributed by atoms with Crippen LogP contribution in [0.25, 0.3) is 10.8 Å². The first-order valence-electron chi connectivity index (χ1n) is 9.61. The minimum atomic E-state index is -0.157. The van der Waals surface area contributed by atoms with Crippen molar-refractivity contribution in [1.82, 2.24) is 10.3 Å². The number of ether oxygens (including phenoxy) is 1. The Morgan fingerprint density at radius 2 is 2.04 bits per heavy atom. The van der Waals surface area contributed by atoms with Gasteiger partial charge in [0.1, 0.15) is 17.7 Å². The van der Waals surface area contributed by atoms with Crippen molar-refractivity contribution in [3.63, 3.8) is 0 Å². The van der Waals surface area contributed by atoms with Gasteiger partial charge in [-0.1, -0.05) is 32.0 Å². The third-order valence-electron chi connectivity index (χ3n) is 5.34. The molecular weight excluding hydrogens is 339 g/mol. The van der Waals surface area contributed by atoms with Crippen LogP contribution in [0.2, 0.25) is 0 Å². The first-order valence-corrected chi connectivity index (χ1v) is 9.61. The van der Waals surface area contributed by atoms with Crippen molar-refractivity contribution in [3.05, 3.63) is 71.8 Å². The van der Waals surface area contributed by atoms with E-state index in [0.29, 0.717) is 11.6 Å². The van der Waals surface area contributed by atoms with E-state index in [-0.39, 0.29) is 17.8 Å². The smallest absolute Gasteiger partial charge is 0.126 e. The number of halogens is 1. The molecule has 0 atom stereocenters. The van der Waals surface area contributed by atoms with Gasteiger partial charge in [-0.15, -0.1) is 0 Å². The average molecular weight is 364 g/mol. The average Bonchev–Trinajstić information content (AvgIpc) is 2.64. The van der Waals surface area contributed by atoms with E-state index in [1.54, 1.807) is 6.07 Å². The second kappa shape index (κ2) is 7.65. The molecule has 3 nitrogen and oxygen atoms in total. The number of hydrogen-bond acceptors (Lipinski definition) is 3. The normalized spacial score (nSPS) is 19.3. The van der Waals surface area contributed by atoms with Crippen molar-refractivity contribution >= 4 is 10.8 Å². The van der Waals surface area contributed by atoms with E-state index in [2.05, 4.69) is 34.6 Å². The molecule has 0 bridgehead atoms. The largest absolute Gasteiger partial charge is 0.490 e. The van der Waals surface area contributed by atoms with Gasteiger partial charge in [-0.05, 0) is 59.5 Å². The number of rotatable bonds is 6. The van der Waals surface area contributed by atoms with E-state index in [9.17, 15) is 4.39 Å². The summed E-state index contributed by atoms with van der Waals surface area (Å²) in [6, 6.07) is 13.9. The summed E-state index contributed by atoms with van der Waals surface area (Å²) in [7, 11) is 0. The Labute approximate surface area is 159 Å². The Kier molecular flexibility index (Phi) is 5.08. The molecule has 1 aliphatic carbocycles. The molecule has 1 heterocycles. The number of hydrogen-bond donors (Lipinski definition) is 1. The highest BCUT2D eigenvalue weighted by molar-refractivity contribution is 5.84. The number of nitrogens with zero attached hydrogens (tertiary/aromatic N) is 1. The predicted octanol–water partition coefficient (Wildman–Crippen LogP) is 5.20. The molecule has 27 heavy (non-hydrogen) atoms. The molecule has 0 amide bonds. The van der Waals surface area contributed by atoms with E-state index in [1.807, 2.05) is 32.3 Å². The lowest BCUT2D eigenvalue weighted by Gasteiger charge is -2.36. The van der Waals surface area contributed by atoms with Crippen LogP contribution in [-0.4, -0.2) is 17.1 Å². The first kappa shape index (κ1) is 17.9. The second-order valence-corrected chi connectivity index (χ2v) is 7.64. The van der Waals surface area contributed by atoms with E-state index in [1.165, 1.54) is 22.4 Å². The fourth-order valence-electron chi connectivity index (χ4n) is 3.66. The monoisotopic (exact) mass is 364 g/mol. The molecule has 0 aliphatic heterocycles. The number of fused-ring (bicyclic) bond motifs is 1. The zero-order chi connectivity index (χ0) is 18.8. The summed E-state index contributed by atoms with van der Waals surface area (Å²) < 4.78 is 19.9. The highest BCUT2D eigenvalue weighted by atomic mass is 19.1. The number of pyridine rings is 1. The topological polar surface area (TPSA) is 34.1 Å². The highest BCUT2D eigenvalue weighted by Gasteiger charge is 2.30. The van der Waals surface area contributed by atoms with Crippen LogP contribution < -0.4 is 10.1 Å². The SMILES string of the molecule is CC(C)c1cc(OC2CC(NCc3cccc4cnccc34)C2)ccc1F. The van der Waals surface area contributed by atoms with Gasteiger partial charge in [0.15, 0.2) is 0 Å². The van der Waals surface area contributed by atoms with Gasteiger partial charge in [0.2, 0.25) is 0 Å². The molecule has 3 aromatic rings. The number of benzene rings is 2. The third-order valence-corrected chi connectivity index (χ3v) is 5.34. The van der Waals surface area contributed by atoms with Crippen molar-refractivity contribution in [2.24, 2.45) is 0 Å². The molecule has 1 aliphatic rings. The van der Waals surface area contributed by atoms with Gasteiger partial charge >= 0.3 is 0 Å². The van der Waals surface area contributed by atoms with Gasteiger partial charge in [-0.2, -0.15) is 0 Å². The Bertz CT molecular complexity index is 929. The Hall–Kier alpha value is -2.46. The van der Waals surface area contributed by atoms with Crippen molar-refractivity contribution in [2.45, 2.75) is 51.3 Å². The summed E-state index contributed by atoms with van der Waals surface area (Å²) in [4.78, 5) is 4.19. The van der Waals surface area contributed by atoms with E-state index >= 15 is 0 Å². The van der Waals surface area contributed by atoms with Crippen LogP contribution in [-0.2, 0) is 6.54 Å². The summed E-state index contributed by atoms with van der Waals surface area (Å²) in [6.45, 7) is 4.83. The van der Waals surface area contributed by atoms with Crippen molar-refractivity contribution in [1.29, 1.82) is 0 Å². The molecule has 2 aromatic carbocycles.